The molecule has 3 amide bonds. The SMILES string of the molecule is CN(Cc1ccccc1NC(=O)NCCCn1ccnc1)C(=O)OC(C)(C)C. The molecule has 0 aliphatic carbocycles. The van der Waals surface area contributed by atoms with Crippen LogP contribution in [0.3, 0.4) is 0 Å². The first kappa shape index (κ1) is 21.3. The zero-order chi connectivity index (χ0) is 20.6. The van der Waals surface area contributed by atoms with Crippen molar-refractivity contribution in [3.63, 3.8) is 0 Å². The summed E-state index contributed by atoms with van der Waals surface area (Å²) >= 11 is 0. The molecule has 0 saturated heterocycles. The Balaban J connectivity index is 1.84. The number of nitrogens with one attached hydrogen (secondary N) is 2. The number of anilines is 1. The van der Waals surface area contributed by atoms with Crippen molar-refractivity contribution < 1.29 is 14.3 Å². The quantitative estimate of drug-likeness (QED) is 0.712. The number of aryl methyl sites for hydroxylation is 1. The highest BCUT2D eigenvalue weighted by atomic mass is 16.6. The Morgan fingerprint density at radius 1 is 1.25 bits per heavy atom. The van der Waals surface area contributed by atoms with Gasteiger partial charge in [0.2, 0.25) is 0 Å². The molecule has 8 heteroatoms. The summed E-state index contributed by atoms with van der Waals surface area (Å²) in [6, 6.07) is 7.11. The Morgan fingerprint density at radius 2 is 2.00 bits per heavy atom. The number of amides is 3. The highest BCUT2D eigenvalue weighted by Gasteiger charge is 2.20. The molecule has 2 aromatic rings. The maximum absolute atomic E-state index is 12.2. The molecule has 0 saturated carbocycles. The molecule has 8 nitrogen and oxygen atoms in total. The van der Waals surface area contributed by atoms with Crippen LogP contribution in [0.1, 0.15) is 32.8 Å². The van der Waals surface area contributed by atoms with Crippen LogP contribution in [0, 0.1) is 0 Å². The minimum absolute atomic E-state index is 0.280. The van der Waals surface area contributed by atoms with Crippen LogP contribution in [0.15, 0.2) is 43.0 Å². The number of carbonyl (C=O) groups is 2. The Labute approximate surface area is 165 Å². The van der Waals surface area contributed by atoms with Gasteiger partial charge in [-0.05, 0) is 38.8 Å². The number of aromatic nitrogens is 2. The van der Waals surface area contributed by atoms with Crippen molar-refractivity contribution in [3.8, 4) is 0 Å². The molecule has 1 heterocycles. The molecule has 2 N–H and O–H groups in total. The van der Waals surface area contributed by atoms with Crippen LogP contribution < -0.4 is 10.6 Å². The van der Waals surface area contributed by atoms with E-state index in [2.05, 4.69) is 15.6 Å². The zero-order valence-corrected chi connectivity index (χ0v) is 16.9. The van der Waals surface area contributed by atoms with Crippen molar-refractivity contribution in [2.75, 3.05) is 18.9 Å². The van der Waals surface area contributed by atoms with E-state index in [9.17, 15) is 9.59 Å². The van der Waals surface area contributed by atoms with Crippen molar-refractivity contribution in [3.05, 3.63) is 48.5 Å². The van der Waals surface area contributed by atoms with Crippen LogP contribution >= 0.6 is 0 Å². The molecule has 0 aliphatic heterocycles. The minimum Gasteiger partial charge on any atom is -0.444 e. The van der Waals surface area contributed by atoms with Crippen LogP contribution in [0.25, 0.3) is 0 Å². The normalized spacial score (nSPS) is 11.0. The van der Waals surface area contributed by atoms with Gasteiger partial charge in [0, 0.05) is 38.2 Å². The first-order valence-electron chi connectivity index (χ1n) is 9.27. The number of rotatable bonds is 7. The van der Waals surface area contributed by atoms with Gasteiger partial charge in [-0.2, -0.15) is 0 Å². The van der Waals surface area contributed by atoms with Gasteiger partial charge in [0.1, 0.15) is 5.60 Å². The molecule has 0 aliphatic rings. The molecule has 28 heavy (non-hydrogen) atoms. The maximum Gasteiger partial charge on any atom is 0.410 e. The van der Waals surface area contributed by atoms with Crippen LogP contribution in [0.2, 0.25) is 0 Å². The Morgan fingerprint density at radius 3 is 2.68 bits per heavy atom. The molecular weight excluding hydrogens is 358 g/mol. The summed E-state index contributed by atoms with van der Waals surface area (Å²) in [7, 11) is 1.67. The van der Waals surface area contributed by atoms with Crippen molar-refractivity contribution in [2.45, 2.75) is 45.9 Å². The second kappa shape index (κ2) is 9.77. The lowest BCUT2D eigenvalue weighted by Crippen LogP contribution is -2.34. The third kappa shape index (κ3) is 7.30. The topological polar surface area (TPSA) is 88.5 Å². The number of hydrogen-bond donors (Lipinski definition) is 2. The van der Waals surface area contributed by atoms with Gasteiger partial charge >= 0.3 is 12.1 Å². The van der Waals surface area contributed by atoms with Gasteiger partial charge in [-0.15, -0.1) is 0 Å². The number of para-hydroxylation sites is 1. The molecule has 0 bridgehead atoms. The van der Waals surface area contributed by atoms with E-state index in [0.717, 1.165) is 18.5 Å². The van der Waals surface area contributed by atoms with Gasteiger partial charge in [-0.1, -0.05) is 18.2 Å². The fourth-order valence-corrected chi connectivity index (χ4v) is 2.49. The fraction of sp³-hybridized carbons (Fsp3) is 0.450. The highest BCUT2D eigenvalue weighted by molar-refractivity contribution is 5.90. The maximum atomic E-state index is 12.2. The lowest BCUT2D eigenvalue weighted by molar-refractivity contribution is 0.0285. The summed E-state index contributed by atoms with van der Waals surface area (Å²) in [5.41, 5.74) is 0.925. The van der Waals surface area contributed by atoms with Crippen molar-refractivity contribution >= 4 is 17.8 Å². The van der Waals surface area contributed by atoms with Crippen LogP contribution in [0.4, 0.5) is 15.3 Å². The monoisotopic (exact) mass is 387 g/mol. The molecule has 0 spiro atoms. The summed E-state index contributed by atoms with van der Waals surface area (Å²) < 4.78 is 7.33. The molecule has 0 fully saturated rings. The molecule has 1 aromatic carbocycles. The van der Waals surface area contributed by atoms with E-state index in [1.165, 1.54) is 4.90 Å². The summed E-state index contributed by atoms with van der Waals surface area (Å²) in [5.74, 6) is 0. The number of imidazole rings is 1. The van der Waals surface area contributed by atoms with E-state index < -0.39 is 11.7 Å². The van der Waals surface area contributed by atoms with Gasteiger partial charge in [-0.3, -0.25) is 0 Å². The molecule has 0 unspecified atom stereocenters. The van der Waals surface area contributed by atoms with E-state index in [4.69, 9.17) is 4.74 Å². The van der Waals surface area contributed by atoms with E-state index in [1.807, 2.05) is 55.8 Å². The largest absolute Gasteiger partial charge is 0.444 e. The number of carbonyl (C=O) groups excluding carboxylic acids is 2. The van der Waals surface area contributed by atoms with Crippen LogP contribution in [-0.4, -0.2) is 45.8 Å². The Kier molecular flexibility index (Phi) is 7.43. The molecule has 0 radical (unpaired) electrons. The highest BCUT2D eigenvalue weighted by Crippen LogP contribution is 2.18. The number of urea groups is 1. The van der Waals surface area contributed by atoms with Gasteiger partial charge in [-0.25, -0.2) is 14.6 Å². The third-order valence-corrected chi connectivity index (χ3v) is 3.82. The predicted molar refractivity (Wildman–Crippen MR) is 108 cm³/mol. The van der Waals surface area contributed by atoms with E-state index in [0.29, 0.717) is 18.8 Å². The minimum atomic E-state index is -0.556. The number of hydrogen-bond acceptors (Lipinski definition) is 4. The van der Waals surface area contributed by atoms with Crippen molar-refractivity contribution in [1.29, 1.82) is 0 Å². The summed E-state index contributed by atoms with van der Waals surface area (Å²) in [5, 5.41) is 5.69. The van der Waals surface area contributed by atoms with Gasteiger partial charge in [0.25, 0.3) is 0 Å². The number of nitrogens with zero attached hydrogens (tertiary/aromatic N) is 3. The summed E-state index contributed by atoms with van der Waals surface area (Å²) in [6.07, 6.45) is 5.75. The lowest BCUT2D eigenvalue weighted by Gasteiger charge is -2.25. The number of benzene rings is 1. The first-order chi connectivity index (χ1) is 13.2. The Bertz CT molecular complexity index is 768. The second-order valence-electron chi connectivity index (χ2n) is 7.53. The smallest absolute Gasteiger partial charge is 0.410 e. The average molecular weight is 387 g/mol. The van der Waals surface area contributed by atoms with Crippen molar-refractivity contribution in [2.24, 2.45) is 0 Å². The van der Waals surface area contributed by atoms with Crippen LogP contribution in [-0.2, 0) is 17.8 Å². The lowest BCUT2D eigenvalue weighted by atomic mass is 10.1. The van der Waals surface area contributed by atoms with Crippen molar-refractivity contribution in [1.82, 2.24) is 19.8 Å². The summed E-state index contributed by atoms with van der Waals surface area (Å²) in [6.45, 7) is 7.13. The predicted octanol–water partition coefficient (Wildman–Crippen LogP) is 3.46. The van der Waals surface area contributed by atoms with Crippen LogP contribution in [0.5, 0.6) is 0 Å². The summed E-state index contributed by atoms with van der Waals surface area (Å²) in [4.78, 5) is 29.8. The fourth-order valence-electron chi connectivity index (χ4n) is 2.49. The second-order valence-corrected chi connectivity index (χ2v) is 7.53. The van der Waals surface area contributed by atoms with E-state index >= 15 is 0 Å². The molecular formula is C20H29N5O3. The van der Waals surface area contributed by atoms with Gasteiger partial charge in [0.05, 0.1) is 12.9 Å². The van der Waals surface area contributed by atoms with Gasteiger partial charge in [0.15, 0.2) is 0 Å². The Hall–Kier alpha value is -3.03. The van der Waals surface area contributed by atoms with Gasteiger partial charge < -0.3 is 24.8 Å². The molecule has 0 atom stereocenters. The molecule has 2 rings (SSSR count). The average Bonchev–Trinajstić information content (AvgIpc) is 3.12. The first-order valence-corrected chi connectivity index (χ1v) is 9.27. The standard InChI is InChI=1S/C20H29N5O3/c1-20(2,3)28-19(27)24(4)14-16-8-5-6-9-17(16)23-18(26)22-10-7-12-25-13-11-21-15-25/h5-6,8-9,11,13,15H,7,10,12,14H2,1-4H3,(H2,22,23,26). The third-order valence-electron chi connectivity index (χ3n) is 3.82. The van der Waals surface area contributed by atoms with E-state index in [1.54, 1.807) is 19.6 Å². The molecule has 152 valence electrons. The zero-order valence-electron chi connectivity index (χ0n) is 16.9. The number of ether oxygens (including phenoxy) is 1. The van der Waals surface area contributed by atoms with E-state index in [-0.39, 0.29) is 6.03 Å². The molecule has 1 aromatic heterocycles.